The Balaban J connectivity index is 3.99. The lowest BCUT2D eigenvalue weighted by molar-refractivity contribution is 0.256. The van der Waals surface area contributed by atoms with Gasteiger partial charge < -0.3 is 0 Å². The lowest BCUT2D eigenvalue weighted by Crippen LogP contribution is -2.14. The Morgan fingerprint density at radius 3 is 1.73 bits per heavy atom. The Kier molecular flexibility index (Phi) is 8.19. The molecule has 0 bridgehead atoms. The van der Waals surface area contributed by atoms with E-state index in [2.05, 4.69) is 41.5 Å². The smallest absolute Gasteiger partial charge is 0.0388 e. The fraction of sp³-hybridized carbons (Fsp3) is 1.00. The van der Waals surface area contributed by atoms with Crippen LogP contribution in [-0.4, -0.2) is 0 Å². The molecule has 0 amide bonds. The quantitative estimate of drug-likeness (QED) is 0.497. The van der Waals surface area contributed by atoms with Gasteiger partial charge in [-0.3, -0.25) is 0 Å². The average molecular weight is 212 g/mol. The molecule has 0 spiro atoms. The van der Waals surface area contributed by atoms with Crippen LogP contribution in [0.1, 0.15) is 73.6 Å². The standard InChI is InChI=1S/C15H32/c1-7-8-15(10-9-12(2)3)14(6)11-13(4)5/h12-15H,7-11H2,1-6H3. The van der Waals surface area contributed by atoms with Crippen LogP contribution in [0.3, 0.4) is 0 Å². The molecule has 0 aliphatic heterocycles. The first kappa shape index (κ1) is 15.0. The van der Waals surface area contributed by atoms with E-state index in [1.165, 1.54) is 32.1 Å². The van der Waals surface area contributed by atoms with Crippen molar-refractivity contribution in [1.29, 1.82) is 0 Å². The maximum absolute atomic E-state index is 2.46. The normalized spacial score (nSPS) is 16.0. The minimum atomic E-state index is 0.860. The van der Waals surface area contributed by atoms with E-state index in [1.807, 2.05) is 0 Å². The minimum Gasteiger partial charge on any atom is -0.0654 e. The highest BCUT2D eigenvalue weighted by atomic mass is 14.2. The molecule has 0 heterocycles. The minimum absolute atomic E-state index is 0.860. The predicted molar refractivity (Wildman–Crippen MR) is 71.1 cm³/mol. The van der Waals surface area contributed by atoms with Crippen molar-refractivity contribution in [3.05, 3.63) is 0 Å². The van der Waals surface area contributed by atoms with Gasteiger partial charge >= 0.3 is 0 Å². The van der Waals surface area contributed by atoms with Crippen LogP contribution in [0.4, 0.5) is 0 Å². The Bertz CT molecular complexity index is 135. The van der Waals surface area contributed by atoms with Crippen molar-refractivity contribution in [2.75, 3.05) is 0 Å². The van der Waals surface area contributed by atoms with Crippen molar-refractivity contribution >= 4 is 0 Å². The zero-order valence-corrected chi connectivity index (χ0v) is 11.8. The van der Waals surface area contributed by atoms with Gasteiger partial charge in [0.25, 0.3) is 0 Å². The van der Waals surface area contributed by atoms with Crippen LogP contribution in [0.5, 0.6) is 0 Å². The van der Waals surface area contributed by atoms with Gasteiger partial charge in [0.05, 0.1) is 0 Å². The summed E-state index contributed by atoms with van der Waals surface area (Å²) >= 11 is 0. The molecular weight excluding hydrogens is 180 g/mol. The second-order valence-electron chi connectivity index (χ2n) is 6.13. The summed E-state index contributed by atoms with van der Waals surface area (Å²) in [5.74, 6) is 3.62. The van der Waals surface area contributed by atoms with E-state index < -0.39 is 0 Å². The average Bonchev–Trinajstić information content (AvgIpc) is 2.10. The van der Waals surface area contributed by atoms with Gasteiger partial charge in [-0.05, 0) is 36.5 Å². The molecule has 0 saturated heterocycles. The lowest BCUT2D eigenvalue weighted by Gasteiger charge is -2.25. The highest BCUT2D eigenvalue weighted by Gasteiger charge is 2.17. The molecule has 0 aliphatic rings. The van der Waals surface area contributed by atoms with E-state index in [1.54, 1.807) is 0 Å². The van der Waals surface area contributed by atoms with Crippen LogP contribution in [0, 0.1) is 23.7 Å². The van der Waals surface area contributed by atoms with Gasteiger partial charge in [0.2, 0.25) is 0 Å². The summed E-state index contributed by atoms with van der Waals surface area (Å²) in [7, 11) is 0. The molecule has 0 heteroatoms. The topological polar surface area (TPSA) is 0 Å². The van der Waals surface area contributed by atoms with Gasteiger partial charge in [-0.25, -0.2) is 0 Å². The van der Waals surface area contributed by atoms with Gasteiger partial charge in [-0.1, -0.05) is 60.8 Å². The van der Waals surface area contributed by atoms with Crippen LogP contribution < -0.4 is 0 Å². The van der Waals surface area contributed by atoms with E-state index in [0.29, 0.717) is 0 Å². The van der Waals surface area contributed by atoms with Crippen LogP contribution in [0.15, 0.2) is 0 Å². The third-order valence-corrected chi connectivity index (χ3v) is 3.42. The zero-order chi connectivity index (χ0) is 11.8. The molecular formula is C15H32. The zero-order valence-electron chi connectivity index (χ0n) is 11.8. The Labute approximate surface area is 97.8 Å². The van der Waals surface area contributed by atoms with Gasteiger partial charge in [0.15, 0.2) is 0 Å². The molecule has 0 aliphatic carbocycles. The molecule has 0 aromatic carbocycles. The fourth-order valence-corrected chi connectivity index (χ4v) is 2.57. The first-order valence-corrected chi connectivity index (χ1v) is 6.97. The van der Waals surface area contributed by atoms with Gasteiger partial charge in [0, 0.05) is 0 Å². The monoisotopic (exact) mass is 212 g/mol. The van der Waals surface area contributed by atoms with E-state index in [4.69, 9.17) is 0 Å². The molecule has 0 aromatic rings. The molecule has 0 nitrogen and oxygen atoms in total. The van der Waals surface area contributed by atoms with Crippen LogP contribution in [-0.2, 0) is 0 Å². The Morgan fingerprint density at radius 2 is 1.33 bits per heavy atom. The fourth-order valence-electron chi connectivity index (χ4n) is 2.57. The molecule has 0 saturated carbocycles. The van der Waals surface area contributed by atoms with Crippen LogP contribution in [0.25, 0.3) is 0 Å². The second kappa shape index (κ2) is 8.19. The summed E-state index contributed by atoms with van der Waals surface area (Å²) < 4.78 is 0. The third-order valence-electron chi connectivity index (χ3n) is 3.42. The summed E-state index contributed by atoms with van der Waals surface area (Å²) in [6.45, 7) is 14.2. The largest absolute Gasteiger partial charge is 0.0654 e. The molecule has 0 fully saturated rings. The van der Waals surface area contributed by atoms with E-state index in [-0.39, 0.29) is 0 Å². The molecule has 2 atom stereocenters. The van der Waals surface area contributed by atoms with Gasteiger partial charge in [-0.15, -0.1) is 0 Å². The van der Waals surface area contributed by atoms with Gasteiger partial charge in [-0.2, -0.15) is 0 Å². The molecule has 0 rings (SSSR count). The van der Waals surface area contributed by atoms with E-state index >= 15 is 0 Å². The third kappa shape index (κ3) is 7.88. The molecule has 92 valence electrons. The van der Waals surface area contributed by atoms with E-state index in [0.717, 1.165) is 23.7 Å². The van der Waals surface area contributed by atoms with Gasteiger partial charge in [0.1, 0.15) is 0 Å². The first-order valence-electron chi connectivity index (χ1n) is 6.97. The van der Waals surface area contributed by atoms with E-state index in [9.17, 15) is 0 Å². The van der Waals surface area contributed by atoms with Crippen molar-refractivity contribution in [3.63, 3.8) is 0 Å². The van der Waals surface area contributed by atoms with Crippen molar-refractivity contribution in [2.45, 2.75) is 73.6 Å². The van der Waals surface area contributed by atoms with Crippen LogP contribution in [0.2, 0.25) is 0 Å². The summed E-state index contributed by atoms with van der Waals surface area (Å²) in [6, 6.07) is 0. The summed E-state index contributed by atoms with van der Waals surface area (Å²) in [4.78, 5) is 0. The molecule has 0 radical (unpaired) electrons. The van der Waals surface area contributed by atoms with Crippen LogP contribution >= 0.6 is 0 Å². The second-order valence-corrected chi connectivity index (χ2v) is 6.13. The SMILES string of the molecule is CCCC(CCC(C)C)C(C)CC(C)C. The van der Waals surface area contributed by atoms with Crippen molar-refractivity contribution in [1.82, 2.24) is 0 Å². The molecule has 0 N–H and O–H groups in total. The van der Waals surface area contributed by atoms with Crippen molar-refractivity contribution in [3.8, 4) is 0 Å². The maximum Gasteiger partial charge on any atom is -0.0388 e. The Morgan fingerprint density at radius 1 is 0.733 bits per heavy atom. The molecule has 0 aromatic heterocycles. The number of rotatable bonds is 8. The predicted octanol–water partition coefficient (Wildman–Crippen LogP) is 5.52. The highest BCUT2D eigenvalue weighted by Crippen LogP contribution is 2.29. The lowest BCUT2D eigenvalue weighted by atomic mass is 9.80. The van der Waals surface area contributed by atoms with Crippen molar-refractivity contribution in [2.24, 2.45) is 23.7 Å². The van der Waals surface area contributed by atoms with Crippen molar-refractivity contribution < 1.29 is 0 Å². The number of hydrogen-bond donors (Lipinski definition) is 0. The first-order chi connectivity index (χ1) is 6.97. The molecule has 15 heavy (non-hydrogen) atoms. The summed E-state index contributed by atoms with van der Waals surface area (Å²) in [6.07, 6.45) is 7.04. The maximum atomic E-state index is 2.46. The summed E-state index contributed by atoms with van der Waals surface area (Å²) in [5, 5.41) is 0. The Hall–Kier alpha value is 0. The number of hydrogen-bond acceptors (Lipinski definition) is 0. The molecule has 2 unspecified atom stereocenters. The summed E-state index contributed by atoms with van der Waals surface area (Å²) in [5.41, 5.74) is 0. The highest BCUT2D eigenvalue weighted by molar-refractivity contribution is 4.68.